The van der Waals surface area contributed by atoms with Crippen LogP contribution in [0.2, 0.25) is 0 Å². The monoisotopic (exact) mass is 312 g/mol. The summed E-state index contributed by atoms with van der Waals surface area (Å²) in [6.45, 7) is 4.52. The molecule has 1 aromatic rings. The SMILES string of the molecule is CCCCCC1CCC(CC/C=C\c2ccc(CC)cc2)CC1. The Labute approximate surface area is 144 Å². The van der Waals surface area contributed by atoms with Crippen molar-refractivity contribution in [3.05, 3.63) is 41.5 Å². The minimum absolute atomic E-state index is 0.990. The molecule has 0 aromatic heterocycles. The Kier molecular flexibility index (Phi) is 8.50. The predicted octanol–water partition coefficient (Wildman–Crippen LogP) is 7.43. The van der Waals surface area contributed by atoms with Gasteiger partial charge in [-0.15, -0.1) is 0 Å². The van der Waals surface area contributed by atoms with Crippen LogP contribution in [0.25, 0.3) is 6.08 Å². The smallest absolute Gasteiger partial charge is 0.0260 e. The third kappa shape index (κ3) is 6.94. The van der Waals surface area contributed by atoms with Crippen molar-refractivity contribution in [3.8, 4) is 0 Å². The second-order valence-electron chi connectivity index (χ2n) is 7.46. The molecule has 0 amide bonds. The summed E-state index contributed by atoms with van der Waals surface area (Å²) < 4.78 is 0. The van der Waals surface area contributed by atoms with Gasteiger partial charge < -0.3 is 0 Å². The van der Waals surface area contributed by atoms with Crippen molar-refractivity contribution in [3.63, 3.8) is 0 Å². The average Bonchev–Trinajstić information content (AvgIpc) is 2.61. The highest BCUT2D eigenvalue weighted by molar-refractivity contribution is 5.49. The first-order chi connectivity index (χ1) is 11.3. The Balaban J connectivity index is 1.60. The van der Waals surface area contributed by atoms with Gasteiger partial charge in [-0.1, -0.05) is 102 Å². The fraction of sp³-hybridized carbons (Fsp3) is 0.652. The van der Waals surface area contributed by atoms with E-state index < -0.39 is 0 Å². The van der Waals surface area contributed by atoms with Crippen molar-refractivity contribution in [2.24, 2.45) is 11.8 Å². The minimum atomic E-state index is 0.990. The van der Waals surface area contributed by atoms with Crippen molar-refractivity contribution in [2.45, 2.75) is 84.5 Å². The molecule has 0 aliphatic heterocycles. The van der Waals surface area contributed by atoms with Crippen LogP contribution in [-0.4, -0.2) is 0 Å². The Morgan fingerprint density at radius 2 is 1.52 bits per heavy atom. The van der Waals surface area contributed by atoms with E-state index in [1.54, 1.807) is 0 Å². The second-order valence-corrected chi connectivity index (χ2v) is 7.46. The van der Waals surface area contributed by atoms with E-state index in [9.17, 15) is 0 Å². The van der Waals surface area contributed by atoms with Gasteiger partial charge >= 0.3 is 0 Å². The first kappa shape index (κ1) is 18.3. The standard InChI is InChI=1S/C23H36/c1-3-5-6-9-21-16-18-23(19-17-21)11-8-7-10-22-14-12-20(4-2)13-15-22/h7,10,12-15,21,23H,3-6,8-9,11,16-19H2,1-2H3/b10-7-. The maximum Gasteiger partial charge on any atom is -0.0260 e. The fourth-order valence-corrected chi connectivity index (χ4v) is 3.91. The summed E-state index contributed by atoms with van der Waals surface area (Å²) in [6.07, 6.45) is 20.2. The first-order valence-electron chi connectivity index (χ1n) is 10.1. The summed E-state index contributed by atoms with van der Waals surface area (Å²) in [5, 5.41) is 0. The van der Waals surface area contributed by atoms with Gasteiger partial charge in [-0.3, -0.25) is 0 Å². The van der Waals surface area contributed by atoms with Crippen LogP contribution in [0.15, 0.2) is 30.3 Å². The van der Waals surface area contributed by atoms with Crippen LogP contribution in [0.1, 0.15) is 89.2 Å². The maximum atomic E-state index is 2.38. The number of allylic oxidation sites excluding steroid dienone is 1. The number of hydrogen-bond acceptors (Lipinski definition) is 0. The van der Waals surface area contributed by atoms with Crippen LogP contribution in [0, 0.1) is 11.8 Å². The Hall–Kier alpha value is -1.04. The van der Waals surface area contributed by atoms with Crippen molar-refractivity contribution in [2.75, 3.05) is 0 Å². The molecular weight excluding hydrogens is 276 g/mol. The van der Waals surface area contributed by atoms with Gasteiger partial charge in [0.1, 0.15) is 0 Å². The lowest BCUT2D eigenvalue weighted by atomic mass is 9.78. The van der Waals surface area contributed by atoms with Gasteiger partial charge in [-0.25, -0.2) is 0 Å². The molecule has 1 aliphatic carbocycles. The quantitative estimate of drug-likeness (QED) is 0.416. The van der Waals surface area contributed by atoms with Gasteiger partial charge in [-0.2, -0.15) is 0 Å². The average molecular weight is 313 g/mol. The van der Waals surface area contributed by atoms with E-state index in [4.69, 9.17) is 0 Å². The highest BCUT2D eigenvalue weighted by atomic mass is 14.3. The molecule has 128 valence electrons. The van der Waals surface area contributed by atoms with Crippen LogP contribution in [0.5, 0.6) is 0 Å². The van der Waals surface area contributed by atoms with E-state index in [2.05, 4.69) is 50.3 Å². The summed E-state index contributed by atoms with van der Waals surface area (Å²) in [7, 11) is 0. The Morgan fingerprint density at radius 3 is 2.13 bits per heavy atom. The molecule has 23 heavy (non-hydrogen) atoms. The molecule has 1 saturated carbocycles. The van der Waals surface area contributed by atoms with Gasteiger partial charge in [-0.05, 0) is 42.2 Å². The van der Waals surface area contributed by atoms with E-state index in [1.807, 2.05) is 0 Å². The summed E-state index contributed by atoms with van der Waals surface area (Å²) in [5.74, 6) is 2.04. The molecule has 0 heteroatoms. The lowest BCUT2D eigenvalue weighted by Gasteiger charge is -2.28. The van der Waals surface area contributed by atoms with E-state index >= 15 is 0 Å². The van der Waals surface area contributed by atoms with Gasteiger partial charge in [0.05, 0.1) is 0 Å². The molecule has 0 heterocycles. The van der Waals surface area contributed by atoms with Crippen LogP contribution in [0.4, 0.5) is 0 Å². The largest absolute Gasteiger partial charge is 0.0839 e. The van der Waals surface area contributed by atoms with Crippen molar-refractivity contribution in [1.82, 2.24) is 0 Å². The third-order valence-electron chi connectivity index (χ3n) is 5.62. The zero-order chi connectivity index (χ0) is 16.3. The number of benzene rings is 1. The van der Waals surface area contributed by atoms with Crippen molar-refractivity contribution in [1.29, 1.82) is 0 Å². The first-order valence-corrected chi connectivity index (χ1v) is 10.1. The number of unbranched alkanes of at least 4 members (excludes halogenated alkanes) is 2. The summed E-state index contributed by atoms with van der Waals surface area (Å²) >= 11 is 0. The summed E-state index contributed by atoms with van der Waals surface area (Å²) in [5.41, 5.74) is 2.78. The van der Waals surface area contributed by atoms with Gasteiger partial charge in [0.25, 0.3) is 0 Å². The molecule has 0 nitrogen and oxygen atoms in total. The van der Waals surface area contributed by atoms with Crippen LogP contribution >= 0.6 is 0 Å². The van der Waals surface area contributed by atoms with Gasteiger partial charge in [0.2, 0.25) is 0 Å². The highest BCUT2D eigenvalue weighted by Gasteiger charge is 2.19. The minimum Gasteiger partial charge on any atom is -0.0839 e. The molecule has 0 bridgehead atoms. The molecule has 1 fully saturated rings. The zero-order valence-electron chi connectivity index (χ0n) is 15.4. The van der Waals surface area contributed by atoms with Gasteiger partial charge in [0, 0.05) is 0 Å². The van der Waals surface area contributed by atoms with E-state index in [-0.39, 0.29) is 0 Å². The molecule has 0 atom stereocenters. The number of aryl methyl sites for hydroxylation is 1. The number of rotatable bonds is 9. The van der Waals surface area contributed by atoms with Crippen LogP contribution in [0.3, 0.4) is 0 Å². The predicted molar refractivity (Wildman–Crippen MR) is 104 cm³/mol. The summed E-state index contributed by atoms with van der Waals surface area (Å²) in [6, 6.07) is 8.99. The Morgan fingerprint density at radius 1 is 0.870 bits per heavy atom. The van der Waals surface area contributed by atoms with Gasteiger partial charge in [0.15, 0.2) is 0 Å². The number of hydrogen-bond donors (Lipinski definition) is 0. The maximum absolute atomic E-state index is 2.38. The third-order valence-corrected chi connectivity index (χ3v) is 5.62. The molecule has 0 saturated heterocycles. The fourth-order valence-electron chi connectivity index (χ4n) is 3.91. The van der Waals surface area contributed by atoms with E-state index in [0.29, 0.717) is 0 Å². The molecule has 2 rings (SSSR count). The highest BCUT2D eigenvalue weighted by Crippen LogP contribution is 2.34. The lowest BCUT2D eigenvalue weighted by molar-refractivity contribution is 0.250. The van der Waals surface area contributed by atoms with E-state index in [0.717, 1.165) is 18.3 Å². The molecule has 0 spiro atoms. The van der Waals surface area contributed by atoms with Crippen molar-refractivity contribution >= 4 is 6.08 Å². The zero-order valence-corrected chi connectivity index (χ0v) is 15.4. The van der Waals surface area contributed by atoms with Crippen LogP contribution < -0.4 is 0 Å². The second kappa shape index (κ2) is 10.7. The Bertz CT molecular complexity index is 432. The topological polar surface area (TPSA) is 0 Å². The lowest BCUT2D eigenvalue weighted by Crippen LogP contribution is -2.14. The molecular formula is C23H36. The molecule has 1 aliphatic rings. The normalized spacial score (nSPS) is 21.8. The molecule has 0 unspecified atom stereocenters. The summed E-state index contributed by atoms with van der Waals surface area (Å²) in [4.78, 5) is 0. The molecule has 1 aromatic carbocycles. The molecule has 0 radical (unpaired) electrons. The van der Waals surface area contributed by atoms with Crippen LogP contribution in [-0.2, 0) is 6.42 Å². The molecule has 0 N–H and O–H groups in total. The van der Waals surface area contributed by atoms with Crippen molar-refractivity contribution < 1.29 is 0 Å². The van der Waals surface area contributed by atoms with E-state index in [1.165, 1.54) is 75.3 Å².